The first-order valence-corrected chi connectivity index (χ1v) is 12.7. The molecule has 0 bridgehead atoms. The van der Waals surface area contributed by atoms with Crippen LogP contribution in [-0.2, 0) is 6.54 Å². The lowest BCUT2D eigenvalue weighted by atomic mass is 10.1. The Kier molecular flexibility index (Phi) is 7.10. The van der Waals surface area contributed by atoms with Gasteiger partial charge in [0.1, 0.15) is 17.5 Å². The molecule has 3 heterocycles. The van der Waals surface area contributed by atoms with Crippen LogP contribution in [0.5, 0.6) is 5.88 Å². The summed E-state index contributed by atoms with van der Waals surface area (Å²) in [6.45, 7) is 5.25. The second-order valence-electron chi connectivity index (χ2n) is 9.93. The standard InChI is InChI=1S/C27H31F2N5O3/c1-17(2)34-16-32(9-4-10-35)27(36)23-25(34)31-24(33(23)14-19-11-20(28)13-21(29)12-19)22-5-3-8-30-26(22)37-15-18-6-7-18/h3,5,8,11-13,17-18,35H,4,6-7,9-10,14-16H2,1-2H3. The summed E-state index contributed by atoms with van der Waals surface area (Å²) in [4.78, 5) is 26.8. The molecule has 1 aliphatic carbocycles. The average Bonchev–Trinajstić information content (AvgIpc) is 3.62. The Morgan fingerprint density at radius 2 is 1.95 bits per heavy atom. The van der Waals surface area contributed by atoms with Gasteiger partial charge in [0.2, 0.25) is 5.88 Å². The first-order chi connectivity index (χ1) is 17.9. The van der Waals surface area contributed by atoms with Crippen molar-refractivity contribution in [1.82, 2.24) is 19.4 Å². The minimum absolute atomic E-state index is 0.0192. The molecule has 10 heteroatoms. The van der Waals surface area contributed by atoms with E-state index in [9.17, 15) is 18.7 Å². The van der Waals surface area contributed by atoms with Gasteiger partial charge in [-0.1, -0.05) is 0 Å². The number of anilines is 1. The summed E-state index contributed by atoms with van der Waals surface area (Å²) in [5.41, 5.74) is 1.29. The Bertz CT molecular complexity index is 1270. The predicted molar refractivity (Wildman–Crippen MR) is 134 cm³/mol. The third-order valence-electron chi connectivity index (χ3n) is 6.67. The smallest absolute Gasteiger partial charge is 0.275 e. The molecule has 0 spiro atoms. The molecule has 1 fully saturated rings. The van der Waals surface area contributed by atoms with Crippen molar-refractivity contribution in [3.05, 3.63) is 59.4 Å². The number of rotatable bonds is 10. The third-order valence-corrected chi connectivity index (χ3v) is 6.67. The Morgan fingerprint density at radius 1 is 1.19 bits per heavy atom. The van der Waals surface area contributed by atoms with Crippen LogP contribution in [0.1, 0.15) is 49.2 Å². The minimum Gasteiger partial charge on any atom is -0.477 e. The number of halogens is 2. The number of aliphatic hydroxyl groups excluding tert-OH is 1. The molecule has 1 saturated carbocycles. The maximum atomic E-state index is 14.1. The van der Waals surface area contributed by atoms with E-state index in [0.29, 0.717) is 66.5 Å². The van der Waals surface area contributed by atoms with Crippen molar-refractivity contribution in [2.75, 3.05) is 31.3 Å². The van der Waals surface area contributed by atoms with Gasteiger partial charge in [-0.25, -0.2) is 18.7 Å². The molecule has 1 aromatic carbocycles. The van der Waals surface area contributed by atoms with Crippen molar-refractivity contribution >= 4 is 11.7 Å². The summed E-state index contributed by atoms with van der Waals surface area (Å²) >= 11 is 0. The molecule has 5 rings (SSSR count). The molecule has 1 amide bonds. The van der Waals surface area contributed by atoms with Crippen LogP contribution in [0.2, 0.25) is 0 Å². The van der Waals surface area contributed by atoms with E-state index in [0.717, 1.165) is 18.9 Å². The number of nitrogens with zero attached hydrogens (tertiary/aromatic N) is 5. The average molecular weight is 512 g/mol. The number of aliphatic hydroxyl groups is 1. The SMILES string of the molecule is CC(C)N1CN(CCCO)C(=O)c2c1nc(-c1cccnc1OCC1CC1)n2Cc1cc(F)cc(F)c1. The van der Waals surface area contributed by atoms with Gasteiger partial charge in [0.25, 0.3) is 5.91 Å². The van der Waals surface area contributed by atoms with Gasteiger partial charge in [0.15, 0.2) is 11.5 Å². The summed E-state index contributed by atoms with van der Waals surface area (Å²) in [5.74, 6) is 0.224. The van der Waals surface area contributed by atoms with E-state index in [1.165, 1.54) is 12.1 Å². The molecule has 0 radical (unpaired) electrons. The van der Waals surface area contributed by atoms with Gasteiger partial charge in [-0.3, -0.25) is 4.79 Å². The zero-order chi connectivity index (χ0) is 26.1. The molecule has 0 atom stereocenters. The number of ether oxygens (including phenoxy) is 1. The van der Waals surface area contributed by atoms with Crippen LogP contribution in [0.25, 0.3) is 11.4 Å². The first kappa shape index (κ1) is 25.1. The predicted octanol–water partition coefficient (Wildman–Crippen LogP) is 4.07. The zero-order valence-corrected chi connectivity index (χ0v) is 21.0. The second kappa shape index (κ2) is 10.5. The topological polar surface area (TPSA) is 83.7 Å². The normalized spacial score (nSPS) is 15.5. The summed E-state index contributed by atoms with van der Waals surface area (Å²) in [7, 11) is 0. The van der Waals surface area contributed by atoms with E-state index in [1.54, 1.807) is 21.7 Å². The van der Waals surface area contributed by atoms with Gasteiger partial charge in [0, 0.05) is 31.5 Å². The Labute approximate surface area is 214 Å². The quantitative estimate of drug-likeness (QED) is 0.442. The summed E-state index contributed by atoms with van der Waals surface area (Å²) in [6.07, 6.45) is 4.32. The molecule has 8 nitrogen and oxygen atoms in total. The van der Waals surface area contributed by atoms with E-state index in [2.05, 4.69) is 4.98 Å². The monoisotopic (exact) mass is 511 g/mol. The van der Waals surface area contributed by atoms with Crippen LogP contribution in [0.15, 0.2) is 36.5 Å². The van der Waals surface area contributed by atoms with Gasteiger partial charge < -0.3 is 24.2 Å². The highest BCUT2D eigenvalue weighted by molar-refractivity contribution is 6.00. The second-order valence-corrected chi connectivity index (χ2v) is 9.93. The summed E-state index contributed by atoms with van der Waals surface area (Å²) in [5, 5.41) is 9.37. The van der Waals surface area contributed by atoms with Gasteiger partial charge in [-0.15, -0.1) is 0 Å². The Morgan fingerprint density at radius 3 is 2.62 bits per heavy atom. The van der Waals surface area contributed by atoms with Gasteiger partial charge >= 0.3 is 0 Å². The van der Waals surface area contributed by atoms with Crippen molar-refractivity contribution < 1.29 is 23.4 Å². The molecule has 2 aromatic heterocycles. The largest absolute Gasteiger partial charge is 0.477 e. The number of fused-ring (bicyclic) bond motifs is 1. The van der Waals surface area contributed by atoms with Crippen molar-refractivity contribution in [2.45, 2.75) is 45.7 Å². The summed E-state index contributed by atoms with van der Waals surface area (Å²) in [6, 6.07) is 6.95. The molecule has 0 saturated heterocycles. The van der Waals surface area contributed by atoms with Crippen molar-refractivity contribution in [2.24, 2.45) is 5.92 Å². The van der Waals surface area contributed by atoms with Crippen LogP contribution < -0.4 is 9.64 Å². The van der Waals surface area contributed by atoms with E-state index < -0.39 is 11.6 Å². The van der Waals surface area contributed by atoms with E-state index in [-0.39, 0.29) is 25.1 Å². The maximum absolute atomic E-state index is 14.1. The molecular formula is C27H31F2N5O3. The number of hydrogen-bond acceptors (Lipinski definition) is 6. The number of hydrogen-bond donors (Lipinski definition) is 1. The lowest BCUT2D eigenvalue weighted by Gasteiger charge is -2.38. The number of amides is 1. The maximum Gasteiger partial charge on any atom is 0.275 e. The van der Waals surface area contributed by atoms with Crippen LogP contribution in [-0.4, -0.2) is 62.9 Å². The lowest BCUT2D eigenvalue weighted by Crippen LogP contribution is -2.50. The highest BCUT2D eigenvalue weighted by Gasteiger charge is 2.37. The Balaban J connectivity index is 1.66. The van der Waals surface area contributed by atoms with Crippen molar-refractivity contribution in [3.63, 3.8) is 0 Å². The number of benzene rings is 1. The number of imidazole rings is 1. The van der Waals surface area contributed by atoms with E-state index in [4.69, 9.17) is 9.72 Å². The fourth-order valence-electron chi connectivity index (χ4n) is 4.56. The van der Waals surface area contributed by atoms with Gasteiger partial charge in [0.05, 0.1) is 25.4 Å². The first-order valence-electron chi connectivity index (χ1n) is 12.7. The fourth-order valence-corrected chi connectivity index (χ4v) is 4.56. The molecule has 3 aromatic rings. The Hall–Kier alpha value is -3.53. The third kappa shape index (κ3) is 5.29. The number of carbonyl (C=O) groups is 1. The van der Waals surface area contributed by atoms with Gasteiger partial charge in [-0.2, -0.15) is 0 Å². The van der Waals surface area contributed by atoms with Crippen LogP contribution in [0.3, 0.4) is 0 Å². The lowest BCUT2D eigenvalue weighted by molar-refractivity contribution is 0.0715. The summed E-state index contributed by atoms with van der Waals surface area (Å²) < 4.78 is 36.0. The molecule has 37 heavy (non-hydrogen) atoms. The highest BCUT2D eigenvalue weighted by atomic mass is 19.1. The molecule has 2 aliphatic rings. The number of pyridine rings is 1. The molecule has 196 valence electrons. The zero-order valence-electron chi connectivity index (χ0n) is 21.0. The molecule has 1 aliphatic heterocycles. The fraction of sp³-hybridized carbons (Fsp3) is 0.444. The van der Waals surface area contributed by atoms with Gasteiger partial charge in [-0.05, 0) is 68.9 Å². The molecular weight excluding hydrogens is 480 g/mol. The highest BCUT2D eigenvalue weighted by Crippen LogP contribution is 2.37. The van der Waals surface area contributed by atoms with E-state index >= 15 is 0 Å². The number of aromatic nitrogens is 3. The number of carbonyl (C=O) groups excluding carboxylic acids is 1. The minimum atomic E-state index is -0.694. The van der Waals surface area contributed by atoms with Crippen LogP contribution in [0.4, 0.5) is 14.6 Å². The molecule has 0 unspecified atom stereocenters. The van der Waals surface area contributed by atoms with Crippen LogP contribution in [0, 0.1) is 17.6 Å². The van der Waals surface area contributed by atoms with Crippen molar-refractivity contribution in [1.29, 1.82) is 0 Å². The van der Waals surface area contributed by atoms with E-state index in [1.807, 2.05) is 24.8 Å². The van der Waals surface area contributed by atoms with Crippen LogP contribution >= 0.6 is 0 Å². The van der Waals surface area contributed by atoms with Crippen molar-refractivity contribution in [3.8, 4) is 17.3 Å². The molecule has 1 N–H and O–H groups in total.